The molecule has 1 fully saturated rings. The second kappa shape index (κ2) is 3.81. The molecule has 0 aliphatic carbocycles. The van der Waals surface area contributed by atoms with Crippen LogP contribution in [0.3, 0.4) is 0 Å². The van der Waals surface area contributed by atoms with Crippen molar-refractivity contribution in [2.45, 2.75) is 19.9 Å². The van der Waals surface area contributed by atoms with E-state index >= 15 is 0 Å². The maximum Gasteiger partial charge on any atom is 0.290 e. The molecule has 0 saturated carbocycles. The van der Waals surface area contributed by atoms with E-state index in [0.717, 1.165) is 11.4 Å². The molecule has 1 aromatic rings. The van der Waals surface area contributed by atoms with Gasteiger partial charge in [-0.1, -0.05) is 6.07 Å². The van der Waals surface area contributed by atoms with E-state index in [4.69, 9.17) is 0 Å². The van der Waals surface area contributed by atoms with Crippen LogP contribution in [-0.4, -0.2) is 28.1 Å². The molecule has 1 aromatic heterocycles. The Labute approximate surface area is 87.9 Å². The number of nitrogens with zero attached hydrogens (tertiary/aromatic N) is 2. The number of hydrogen-bond donors (Lipinski definition) is 0. The highest BCUT2D eigenvalue weighted by Crippen LogP contribution is 2.10. The van der Waals surface area contributed by atoms with Crippen molar-refractivity contribution in [3.05, 3.63) is 29.6 Å². The lowest BCUT2D eigenvalue weighted by molar-refractivity contribution is -0.140. The lowest BCUT2D eigenvalue weighted by Crippen LogP contribution is -2.27. The molecule has 4 nitrogen and oxygen atoms in total. The first-order valence-electron chi connectivity index (χ1n) is 4.91. The Bertz CT molecular complexity index is 415. The number of carbonyl (C=O) groups excluding carboxylic acids is 2. The molecule has 1 amide bonds. The van der Waals surface area contributed by atoms with Gasteiger partial charge in [-0.05, 0) is 19.1 Å². The number of likely N-dealkylation sites (tertiary alicyclic amines) is 1. The predicted octanol–water partition coefficient (Wildman–Crippen LogP) is 0.691. The Morgan fingerprint density at radius 2 is 2.20 bits per heavy atom. The first kappa shape index (κ1) is 9.83. The van der Waals surface area contributed by atoms with Crippen molar-refractivity contribution in [2.24, 2.45) is 0 Å². The third-order valence-corrected chi connectivity index (χ3v) is 2.43. The number of hydrogen-bond acceptors (Lipinski definition) is 3. The van der Waals surface area contributed by atoms with E-state index < -0.39 is 0 Å². The maximum atomic E-state index is 11.3. The Morgan fingerprint density at radius 3 is 2.80 bits per heavy atom. The van der Waals surface area contributed by atoms with Crippen molar-refractivity contribution in [3.8, 4) is 0 Å². The summed E-state index contributed by atoms with van der Waals surface area (Å²) in [6, 6.07) is 5.67. The van der Waals surface area contributed by atoms with Gasteiger partial charge < -0.3 is 4.90 Å². The Hall–Kier alpha value is -1.71. The van der Waals surface area contributed by atoms with Crippen LogP contribution in [0.2, 0.25) is 0 Å². The lowest BCUT2D eigenvalue weighted by Gasteiger charge is -2.13. The summed E-state index contributed by atoms with van der Waals surface area (Å²) in [4.78, 5) is 28.2. The van der Waals surface area contributed by atoms with Crippen LogP contribution in [0, 0.1) is 6.92 Å². The molecular weight excluding hydrogens is 192 g/mol. The Balaban J connectivity index is 2.10. The molecular formula is C11H12N2O2. The van der Waals surface area contributed by atoms with Crippen molar-refractivity contribution >= 4 is 11.7 Å². The molecule has 0 atom stereocenters. The standard InChI is InChI=1S/C11H12N2O2/c1-8-3-2-4-9(12-8)7-13-6-5-10(14)11(13)15/h2-4H,5-7H2,1H3. The zero-order chi connectivity index (χ0) is 10.8. The van der Waals surface area contributed by atoms with Gasteiger partial charge in [0.25, 0.3) is 5.91 Å². The van der Waals surface area contributed by atoms with Crippen molar-refractivity contribution in [1.82, 2.24) is 9.88 Å². The number of aromatic nitrogens is 1. The van der Waals surface area contributed by atoms with Crippen molar-refractivity contribution in [3.63, 3.8) is 0 Å². The van der Waals surface area contributed by atoms with E-state index in [-0.39, 0.29) is 11.7 Å². The molecule has 0 unspecified atom stereocenters. The van der Waals surface area contributed by atoms with E-state index in [1.807, 2.05) is 25.1 Å². The van der Waals surface area contributed by atoms with Gasteiger partial charge in [0.2, 0.25) is 5.78 Å². The maximum absolute atomic E-state index is 11.3. The van der Waals surface area contributed by atoms with Crippen molar-refractivity contribution in [2.75, 3.05) is 6.54 Å². The second-order valence-corrected chi connectivity index (χ2v) is 3.67. The minimum absolute atomic E-state index is 0.289. The summed E-state index contributed by atoms with van der Waals surface area (Å²) in [5, 5.41) is 0. The molecule has 78 valence electrons. The number of carbonyl (C=O) groups is 2. The third kappa shape index (κ3) is 2.03. The summed E-state index contributed by atoms with van der Waals surface area (Å²) in [5.41, 5.74) is 1.75. The number of amides is 1. The fourth-order valence-electron chi connectivity index (χ4n) is 1.66. The Kier molecular flexibility index (Phi) is 2.49. The highest BCUT2D eigenvalue weighted by atomic mass is 16.2. The molecule has 0 radical (unpaired) electrons. The van der Waals surface area contributed by atoms with Crippen LogP contribution in [0.1, 0.15) is 17.8 Å². The summed E-state index contributed by atoms with van der Waals surface area (Å²) in [6.45, 7) is 2.86. The smallest absolute Gasteiger partial charge is 0.290 e. The largest absolute Gasteiger partial charge is 0.330 e. The quantitative estimate of drug-likeness (QED) is 0.666. The molecule has 1 aliphatic rings. The number of rotatable bonds is 2. The van der Waals surface area contributed by atoms with Gasteiger partial charge in [0.15, 0.2) is 0 Å². The molecule has 0 aromatic carbocycles. The van der Waals surface area contributed by atoms with Gasteiger partial charge in [-0.3, -0.25) is 14.6 Å². The summed E-state index contributed by atoms with van der Waals surface area (Å²) in [5.74, 6) is -0.666. The SMILES string of the molecule is Cc1cccc(CN2CCC(=O)C2=O)n1. The van der Waals surface area contributed by atoms with Gasteiger partial charge in [0, 0.05) is 18.7 Å². The zero-order valence-electron chi connectivity index (χ0n) is 8.56. The number of pyridine rings is 1. The molecule has 4 heteroatoms. The van der Waals surface area contributed by atoms with Gasteiger partial charge in [-0.15, -0.1) is 0 Å². The Morgan fingerprint density at radius 1 is 1.40 bits per heavy atom. The minimum atomic E-state index is -0.377. The van der Waals surface area contributed by atoms with Gasteiger partial charge >= 0.3 is 0 Å². The minimum Gasteiger partial charge on any atom is -0.330 e. The molecule has 0 N–H and O–H groups in total. The molecule has 0 spiro atoms. The van der Waals surface area contributed by atoms with Gasteiger partial charge in [0.1, 0.15) is 0 Å². The van der Waals surface area contributed by atoms with E-state index in [1.54, 1.807) is 4.90 Å². The van der Waals surface area contributed by atoms with Gasteiger partial charge in [-0.2, -0.15) is 0 Å². The summed E-state index contributed by atoms with van der Waals surface area (Å²) in [7, 11) is 0. The van der Waals surface area contributed by atoms with E-state index in [0.29, 0.717) is 19.5 Å². The van der Waals surface area contributed by atoms with Crippen LogP contribution in [0.4, 0.5) is 0 Å². The van der Waals surface area contributed by atoms with Crippen LogP contribution in [0.15, 0.2) is 18.2 Å². The fraction of sp³-hybridized carbons (Fsp3) is 0.364. The van der Waals surface area contributed by atoms with Crippen molar-refractivity contribution < 1.29 is 9.59 Å². The first-order chi connectivity index (χ1) is 7.16. The summed E-state index contributed by atoms with van der Waals surface area (Å²) < 4.78 is 0. The second-order valence-electron chi connectivity index (χ2n) is 3.67. The monoisotopic (exact) mass is 204 g/mol. The van der Waals surface area contributed by atoms with Crippen LogP contribution < -0.4 is 0 Å². The lowest BCUT2D eigenvalue weighted by atomic mass is 10.3. The molecule has 2 rings (SSSR count). The van der Waals surface area contributed by atoms with Crippen LogP contribution in [0.5, 0.6) is 0 Å². The molecule has 1 aliphatic heterocycles. The topological polar surface area (TPSA) is 50.3 Å². The van der Waals surface area contributed by atoms with Crippen LogP contribution in [-0.2, 0) is 16.1 Å². The molecule has 0 bridgehead atoms. The number of Topliss-reactive ketones (excluding diaryl/α,β-unsaturated/α-hetero) is 1. The van der Waals surface area contributed by atoms with E-state index in [9.17, 15) is 9.59 Å². The summed E-state index contributed by atoms with van der Waals surface area (Å²) in [6.07, 6.45) is 0.338. The highest BCUT2D eigenvalue weighted by molar-refractivity contribution is 6.37. The predicted molar refractivity (Wildman–Crippen MR) is 54.0 cm³/mol. The number of ketones is 1. The third-order valence-electron chi connectivity index (χ3n) is 2.43. The normalized spacial score (nSPS) is 16.2. The molecule has 15 heavy (non-hydrogen) atoms. The van der Waals surface area contributed by atoms with E-state index in [2.05, 4.69) is 4.98 Å². The number of aryl methyl sites for hydroxylation is 1. The molecule has 2 heterocycles. The van der Waals surface area contributed by atoms with Crippen LogP contribution >= 0.6 is 0 Å². The average molecular weight is 204 g/mol. The van der Waals surface area contributed by atoms with Crippen LogP contribution in [0.25, 0.3) is 0 Å². The fourth-order valence-corrected chi connectivity index (χ4v) is 1.66. The zero-order valence-corrected chi connectivity index (χ0v) is 8.56. The molecule has 1 saturated heterocycles. The summed E-state index contributed by atoms with van der Waals surface area (Å²) >= 11 is 0. The first-order valence-corrected chi connectivity index (χ1v) is 4.91. The van der Waals surface area contributed by atoms with E-state index in [1.165, 1.54) is 0 Å². The highest BCUT2D eigenvalue weighted by Gasteiger charge is 2.29. The van der Waals surface area contributed by atoms with Gasteiger partial charge in [-0.25, -0.2) is 0 Å². The van der Waals surface area contributed by atoms with Gasteiger partial charge in [0.05, 0.1) is 12.2 Å². The average Bonchev–Trinajstić information content (AvgIpc) is 2.50. The van der Waals surface area contributed by atoms with Crippen molar-refractivity contribution in [1.29, 1.82) is 0 Å².